The Bertz CT molecular complexity index is 643. The maximum absolute atomic E-state index is 12.5. The summed E-state index contributed by atoms with van der Waals surface area (Å²) in [6.45, 7) is 4.97. The van der Waals surface area contributed by atoms with Crippen molar-refractivity contribution < 1.29 is 19.5 Å². The minimum absolute atomic E-state index is 0.0228. The Hall–Kier alpha value is -2.03. The third-order valence-electron chi connectivity index (χ3n) is 3.92. The highest BCUT2D eigenvalue weighted by Gasteiger charge is 2.35. The van der Waals surface area contributed by atoms with E-state index < -0.39 is 17.6 Å². The van der Waals surface area contributed by atoms with Gasteiger partial charge in [-0.1, -0.05) is 6.92 Å². The van der Waals surface area contributed by atoms with E-state index in [9.17, 15) is 19.5 Å². The maximum Gasteiger partial charge on any atom is 0.331 e. The molecule has 9 heteroatoms. The van der Waals surface area contributed by atoms with E-state index in [-0.39, 0.29) is 11.8 Å². The van der Waals surface area contributed by atoms with Gasteiger partial charge in [0.15, 0.2) is 5.54 Å². The zero-order valence-electron chi connectivity index (χ0n) is 14.0. The van der Waals surface area contributed by atoms with Crippen molar-refractivity contribution in [2.45, 2.75) is 45.2 Å². The van der Waals surface area contributed by atoms with Crippen LogP contribution >= 0.6 is 11.8 Å². The number of nitrogens with zero attached hydrogens (tertiary/aromatic N) is 3. The second kappa shape index (κ2) is 7.25. The molecule has 0 spiro atoms. The van der Waals surface area contributed by atoms with E-state index in [1.807, 2.05) is 6.92 Å². The van der Waals surface area contributed by atoms with Crippen molar-refractivity contribution >= 4 is 35.2 Å². The Balaban J connectivity index is 2.06. The summed E-state index contributed by atoms with van der Waals surface area (Å²) < 4.78 is 1.29. The smallest absolute Gasteiger partial charge is 0.331 e. The summed E-state index contributed by atoms with van der Waals surface area (Å²) in [7, 11) is 0. The highest BCUT2D eigenvalue weighted by molar-refractivity contribution is 7.99. The SMILES string of the molecule is CCCC(=O)N1CSCC1C(=O)Nc1cnn(C(C)(C)C(=O)O)c1. The molecule has 0 bridgehead atoms. The molecule has 1 aliphatic heterocycles. The van der Waals surface area contributed by atoms with Crippen LogP contribution in [0, 0.1) is 0 Å². The van der Waals surface area contributed by atoms with Gasteiger partial charge in [0.25, 0.3) is 0 Å². The Morgan fingerprint density at radius 1 is 1.46 bits per heavy atom. The lowest BCUT2D eigenvalue weighted by atomic mass is 10.1. The molecule has 1 aromatic heterocycles. The monoisotopic (exact) mass is 354 g/mol. The number of carboxylic acids is 1. The minimum atomic E-state index is -1.21. The maximum atomic E-state index is 12.5. The number of carboxylic acid groups (broad SMARTS) is 1. The second-order valence-electron chi connectivity index (χ2n) is 6.16. The van der Waals surface area contributed by atoms with Crippen molar-refractivity contribution in [2.24, 2.45) is 0 Å². The molecule has 2 rings (SSSR count). The molecule has 132 valence electrons. The van der Waals surface area contributed by atoms with Crippen LogP contribution in [-0.4, -0.2) is 55.2 Å². The van der Waals surface area contributed by atoms with E-state index in [0.717, 1.165) is 6.42 Å². The third-order valence-corrected chi connectivity index (χ3v) is 4.93. The van der Waals surface area contributed by atoms with Gasteiger partial charge in [0.1, 0.15) is 6.04 Å². The van der Waals surface area contributed by atoms with Crippen molar-refractivity contribution in [1.29, 1.82) is 0 Å². The van der Waals surface area contributed by atoms with E-state index in [2.05, 4.69) is 10.4 Å². The largest absolute Gasteiger partial charge is 0.479 e. The molecular weight excluding hydrogens is 332 g/mol. The van der Waals surface area contributed by atoms with E-state index >= 15 is 0 Å². The summed E-state index contributed by atoms with van der Waals surface area (Å²) in [5.41, 5.74) is -0.802. The number of anilines is 1. The fraction of sp³-hybridized carbons (Fsp3) is 0.600. The molecule has 1 aliphatic rings. The first-order valence-electron chi connectivity index (χ1n) is 7.74. The fourth-order valence-electron chi connectivity index (χ4n) is 2.28. The van der Waals surface area contributed by atoms with Crippen molar-refractivity contribution in [1.82, 2.24) is 14.7 Å². The van der Waals surface area contributed by atoms with E-state index in [0.29, 0.717) is 23.7 Å². The van der Waals surface area contributed by atoms with Gasteiger partial charge in [-0.2, -0.15) is 5.10 Å². The molecule has 1 aromatic rings. The molecule has 1 saturated heterocycles. The molecule has 1 atom stereocenters. The molecule has 1 fully saturated rings. The molecule has 0 saturated carbocycles. The normalized spacial score (nSPS) is 17.8. The topological polar surface area (TPSA) is 105 Å². The Labute approximate surface area is 144 Å². The van der Waals surface area contributed by atoms with Crippen LogP contribution in [0.4, 0.5) is 5.69 Å². The van der Waals surface area contributed by atoms with E-state index in [4.69, 9.17) is 0 Å². The summed E-state index contributed by atoms with van der Waals surface area (Å²) in [4.78, 5) is 37.4. The van der Waals surface area contributed by atoms with Crippen LogP contribution in [0.2, 0.25) is 0 Å². The summed E-state index contributed by atoms with van der Waals surface area (Å²) in [5.74, 6) is -0.257. The molecule has 0 aliphatic carbocycles. The molecular formula is C15H22N4O4S. The molecule has 8 nitrogen and oxygen atoms in total. The van der Waals surface area contributed by atoms with Crippen LogP contribution < -0.4 is 5.32 Å². The second-order valence-corrected chi connectivity index (χ2v) is 7.16. The molecule has 2 N–H and O–H groups in total. The molecule has 24 heavy (non-hydrogen) atoms. The number of thioether (sulfide) groups is 1. The van der Waals surface area contributed by atoms with Gasteiger partial charge in [0.05, 0.1) is 17.8 Å². The first kappa shape index (κ1) is 18.3. The first-order chi connectivity index (χ1) is 11.3. The van der Waals surface area contributed by atoms with Gasteiger partial charge >= 0.3 is 5.97 Å². The summed E-state index contributed by atoms with van der Waals surface area (Å²) in [6, 6.07) is -0.509. The molecule has 2 amide bonds. The van der Waals surface area contributed by atoms with Crippen molar-refractivity contribution in [2.75, 3.05) is 16.9 Å². The molecule has 0 aromatic carbocycles. The molecule has 1 unspecified atom stereocenters. The van der Waals surface area contributed by atoms with Gasteiger partial charge in [0, 0.05) is 18.4 Å². The number of amides is 2. The van der Waals surface area contributed by atoms with Gasteiger partial charge in [-0.05, 0) is 20.3 Å². The lowest BCUT2D eigenvalue weighted by Crippen LogP contribution is -2.44. The number of rotatable bonds is 6. The standard InChI is InChI=1S/C15H22N4O4S/c1-4-5-12(20)18-9-24-8-11(18)13(21)17-10-6-16-19(7-10)15(2,3)14(22)23/h6-7,11H,4-5,8-9H2,1-3H3,(H,17,21)(H,22,23). The molecule has 0 radical (unpaired) electrons. The van der Waals surface area contributed by atoms with Gasteiger partial charge in [0.2, 0.25) is 11.8 Å². The van der Waals surface area contributed by atoms with Crippen molar-refractivity contribution in [3.05, 3.63) is 12.4 Å². The Morgan fingerprint density at radius 2 is 2.17 bits per heavy atom. The fourth-order valence-corrected chi connectivity index (χ4v) is 3.46. The lowest BCUT2D eigenvalue weighted by Gasteiger charge is -2.22. The van der Waals surface area contributed by atoms with E-state index in [1.165, 1.54) is 30.9 Å². The van der Waals surface area contributed by atoms with Crippen LogP contribution in [-0.2, 0) is 19.9 Å². The van der Waals surface area contributed by atoms with Gasteiger partial charge in [-0.3, -0.25) is 14.3 Å². The number of hydrogen-bond acceptors (Lipinski definition) is 5. The van der Waals surface area contributed by atoms with Gasteiger partial charge in [-0.25, -0.2) is 4.79 Å². The zero-order chi connectivity index (χ0) is 17.9. The summed E-state index contributed by atoms with van der Waals surface area (Å²) in [5, 5.41) is 15.9. The predicted octanol–water partition coefficient (Wildman–Crippen LogP) is 1.34. The van der Waals surface area contributed by atoms with Crippen LogP contribution in [0.5, 0.6) is 0 Å². The average Bonchev–Trinajstić information content (AvgIpc) is 3.16. The summed E-state index contributed by atoms with van der Waals surface area (Å²) in [6.07, 6.45) is 4.05. The average molecular weight is 354 g/mol. The summed E-state index contributed by atoms with van der Waals surface area (Å²) >= 11 is 1.54. The highest BCUT2D eigenvalue weighted by atomic mass is 32.2. The number of carbonyl (C=O) groups excluding carboxylic acids is 2. The predicted molar refractivity (Wildman–Crippen MR) is 90.7 cm³/mol. The van der Waals surface area contributed by atoms with Crippen molar-refractivity contribution in [3.63, 3.8) is 0 Å². The Morgan fingerprint density at radius 3 is 2.79 bits per heavy atom. The quantitative estimate of drug-likeness (QED) is 0.799. The number of aromatic nitrogens is 2. The minimum Gasteiger partial charge on any atom is -0.479 e. The van der Waals surface area contributed by atoms with Crippen LogP contribution in [0.25, 0.3) is 0 Å². The number of aliphatic carboxylic acids is 1. The Kier molecular flexibility index (Phi) is 5.53. The van der Waals surface area contributed by atoms with Crippen LogP contribution in [0.1, 0.15) is 33.6 Å². The van der Waals surface area contributed by atoms with Gasteiger partial charge < -0.3 is 15.3 Å². The third kappa shape index (κ3) is 3.72. The highest BCUT2D eigenvalue weighted by Crippen LogP contribution is 2.24. The lowest BCUT2D eigenvalue weighted by molar-refractivity contribution is -0.146. The van der Waals surface area contributed by atoms with Crippen LogP contribution in [0.15, 0.2) is 12.4 Å². The number of hydrogen-bond donors (Lipinski definition) is 2. The van der Waals surface area contributed by atoms with Gasteiger partial charge in [-0.15, -0.1) is 11.8 Å². The van der Waals surface area contributed by atoms with Crippen molar-refractivity contribution in [3.8, 4) is 0 Å². The number of carbonyl (C=O) groups is 3. The zero-order valence-corrected chi connectivity index (χ0v) is 14.8. The number of nitrogens with one attached hydrogen (secondary N) is 1. The van der Waals surface area contributed by atoms with E-state index in [1.54, 1.807) is 16.7 Å². The first-order valence-corrected chi connectivity index (χ1v) is 8.89. The molecule has 2 heterocycles. The van der Waals surface area contributed by atoms with Crippen LogP contribution in [0.3, 0.4) is 0 Å².